The molecule has 0 fully saturated rings. The topological polar surface area (TPSA) is 88.2 Å². The molecule has 0 aliphatic rings. The zero-order valence-corrected chi connectivity index (χ0v) is 7.53. The van der Waals surface area contributed by atoms with Gasteiger partial charge < -0.3 is 16.2 Å². The van der Waals surface area contributed by atoms with Crippen molar-refractivity contribution in [3.63, 3.8) is 0 Å². The van der Waals surface area contributed by atoms with E-state index in [4.69, 9.17) is 10.8 Å². The van der Waals surface area contributed by atoms with Crippen molar-refractivity contribution in [2.45, 2.75) is 0 Å². The van der Waals surface area contributed by atoms with Crippen molar-refractivity contribution in [2.24, 2.45) is 0 Å². The van der Waals surface area contributed by atoms with Gasteiger partial charge in [-0.3, -0.25) is 0 Å². The number of carboxylic acid groups (broad SMARTS) is 1. The van der Waals surface area contributed by atoms with Gasteiger partial charge in [0.2, 0.25) is 0 Å². The lowest BCUT2D eigenvalue weighted by molar-refractivity contribution is 0.0696. The highest BCUT2D eigenvalue weighted by Crippen LogP contribution is 2.15. The summed E-state index contributed by atoms with van der Waals surface area (Å²) in [4.78, 5) is 14.4. The smallest absolute Gasteiger partial charge is 0.337 e. The molecule has 0 spiro atoms. The Balaban J connectivity index is 2.89. The number of hydrogen-bond acceptors (Lipinski definition) is 4. The first-order valence-electron chi connectivity index (χ1n) is 3.98. The van der Waals surface area contributed by atoms with Gasteiger partial charge in [-0.25, -0.2) is 9.78 Å². The maximum atomic E-state index is 10.5. The van der Waals surface area contributed by atoms with Crippen LogP contribution in [0.2, 0.25) is 0 Å². The van der Waals surface area contributed by atoms with E-state index in [2.05, 4.69) is 16.9 Å². The summed E-state index contributed by atoms with van der Waals surface area (Å²) < 4.78 is 0. The van der Waals surface area contributed by atoms with Crippen LogP contribution in [0.25, 0.3) is 0 Å². The summed E-state index contributed by atoms with van der Waals surface area (Å²) in [6, 6.07) is 1.36. The molecule has 5 nitrogen and oxygen atoms in total. The predicted octanol–water partition coefficient (Wildman–Crippen LogP) is 0.960. The molecule has 0 aliphatic carbocycles. The fraction of sp³-hybridized carbons (Fsp3) is 0.111. The van der Waals surface area contributed by atoms with Crippen LogP contribution in [0.1, 0.15) is 10.4 Å². The second kappa shape index (κ2) is 4.27. The average molecular weight is 193 g/mol. The van der Waals surface area contributed by atoms with Crippen molar-refractivity contribution in [1.82, 2.24) is 4.98 Å². The van der Waals surface area contributed by atoms with E-state index in [-0.39, 0.29) is 5.56 Å². The number of nitrogens with zero attached hydrogens (tertiary/aromatic N) is 1. The Kier molecular flexibility index (Phi) is 3.06. The van der Waals surface area contributed by atoms with Gasteiger partial charge in [0.25, 0.3) is 0 Å². The Hall–Kier alpha value is -2.04. The minimum absolute atomic E-state index is 0.0756. The highest BCUT2D eigenvalue weighted by molar-refractivity contribution is 5.89. The minimum atomic E-state index is -1.04. The summed E-state index contributed by atoms with van der Waals surface area (Å²) in [5.74, 6) is -0.575. The number of nitrogens with two attached hydrogens (primary N) is 1. The van der Waals surface area contributed by atoms with Crippen LogP contribution in [0.15, 0.2) is 24.9 Å². The Morgan fingerprint density at radius 1 is 1.79 bits per heavy atom. The van der Waals surface area contributed by atoms with Crippen LogP contribution in [0.4, 0.5) is 11.5 Å². The molecule has 5 heteroatoms. The standard InChI is InChI=1S/C9H11N3O2/c1-2-3-11-8-7(10)4-6(5-12-8)9(13)14/h2,4-5H,1,3,10H2,(H,11,12)(H,13,14). The van der Waals surface area contributed by atoms with Crippen molar-refractivity contribution >= 4 is 17.5 Å². The van der Waals surface area contributed by atoms with Crippen LogP contribution in [-0.4, -0.2) is 22.6 Å². The van der Waals surface area contributed by atoms with E-state index in [1.807, 2.05) is 0 Å². The second-order valence-corrected chi connectivity index (χ2v) is 2.64. The van der Waals surface area contributed by atoms with Gasteiger partial charge in [0.15, 0.2) is 0 Å². The normalized spacial score (nSPS) is 9.43. The molecule has 1 aromatic rings. The van der Waals surface area contributed by atoms with Crippen LogP contribution in [0.5, 0.6) is 0 Å². The molecule has 1 aromatic heterocycles. The number of hydrogen-bond donors (Lipinski definition) is 3. The van der Waals surface area contributed by atoms with Gasteiger partial charge in [0.05, 0.1) is 11.3 Å². The Labute approximate surface area is 81.3 Å². The molecule has 0 amide bonds. The van der Waals surface area contributed by atoms with Gasteiger partial charge in [-0.2, -0.15) is 0 Å². The summed E-state index contributed by atoms with van der Waals surface area (Å²) in [6.07, 6.45) is 2.91. The van der Waals surface area contributed by atoms with Gasteiger partial charge in [0, 0.05) is 12.7 Å². The lowest BCUT2D eigenvalue weighted by Crippen LogP contribution is -2.06. The van der Waals surface area contributed by atoms with Crippen molar-refractivity contribution < 1.29 is 9.90 Å². The van der Waals surface area contributed by atoms with Crippen LogP contribution in [0.3, 0.4) is 0 Å². The Bertz CT molecular complexity index is 363. The number of carbonyl (C=O) groups is 1. The largest absolute Gasteiger partial charge is 0.478 e. The van der Waals surface area contributed by atoms with Crippen molar-refractivity contribution in [2.75, 3.05) is 17.6 Å². The molecule has 14 heavy (non-hydrogen) atoms. The zero-order chi connectivity index (χ0) is 10.6. The van der Waals surface area contributed by atoms with E-state index in [0.717, 1.165) is 0 Å². The van der Waals surface area contributed by atoms with Gasteiger partial charge in [-0.1, -0.05) is 6.08 Å². The summed E-state index contributed by atoms with van der Waals surface area (Å²) in [5, 5.41) is 11.5. The summed E-state index contributed by atoms with van der Waals surface area (Å²) >= 11 is 0. The van der Waals surface area contributed by atoms with Crippen molar-refractivity contribution in [1.29, 1.82) is 0 Å². The first-order chi connectivity index (χ1) is 6.65. The molecule has 1 rings (SSSR count). The maximum Gasteiger partial charge on any atom is 0.337 e. The molecule has 1 heterocycles. The highest BCUT2D eigenvalue weighted by Gasteiger charge is 2.06. The third kappa shape index (κ3) is 2.22. The number of anilines is 2. The maximum absolute atomic E-state index is 10.5. The summed E-state index contributed by atoms with van der Waals surface area (Å²) in [7, 11) is 0. The molecule has 0 unspecified atom stereocenters. The molecule has 74 valence electrons. The van der Waals surface area contributed by atoms with Gasteiger partial charge in [0.1, 0.15) is 5.82 Å². The van der Waals surface area contributed by atoms with E-state index < -0.39 is 5.97 Å². The number of rotatable bonds is 4. The lowest BCUT2D eigenvalue weighted by Gasteiger charge is -2.05. The van der Waals surface area contributed by atoms with Gasteiger partial charge in [-0.15, -0.1) is 6.58 Å². The second-order valence-electron chi connectivity index (χ2n) is 2.64. The van der Waals surface area contributed by atoms with Crippen LogP contribution in [-0.2, 0) is 0 Å². The first-order valence-corrected chi connectivity index (χ1v) is 3.98. The van der Waals surface area contributed by atoms with Crippen LogP contribution >= 0.6 is 0 Å². The quantitative estimate of drug-likeness (QED) is 0.620. The predicted molar refractivity (Wildman–Crippen MR) is 54.3 cm³/mol. The number of nitrogens with one attached hydrogen (secondary N) is 1. The van der Waals surface area contributed by atoms with Crippen LogP contribution in [0, 0.1) is 0 Å². The fourth-order valence-corrected chi connectivity index (χ4v) is 0.915. The number of nitrogen functional groups attached to an aromatic ring is 1. The Morgan fingerprint density at radius 2 is 2.50 bits per heavy atom. The lowest BCUT2D eigenvalue weighted by atomic mass is 10.2. The monoisotopic (exact) mass is 193 g/mol. The third-order valence-corrected chi connectivity index (χ3v) is 1.58. The van der Waals surface area contributed by atoms with Crippen molar-refractivity contribution in [3.05, 3.63) is 30.5 Å². The molecule has 0 bridgehead atoms. The molecule has 0 aliphatic heterocycles. The molecule has 0 atom stereocenters. The number of pyridine rings is 1. The highest BCUT2D eigenvalue weighted by atomic mass is 16.4. The molecule has 4 N–H and O–H groups in total. The van der Waals surface area contributed by atoms with E-state index in [1.54, 1.807) is 6.08 Å². The summed E-state index contributed by atoms with van der Waals surface area (Å²) in [6.45, 7) is 4.06. The van der Waals surface area contributed by atoms with Gasteiger partial charge >= 0.3 is 5.97 Å². The van der Waals surface area contributed by atoms with E-state index in [0.29, 0.717) is 18.1 Å². The SMILES string of the molecule is C=CCNc1ncc(C(=O)O)cc1N. The Morgan fingerprint density at radius 3 is 3.00 bits per heavy atom. The molecule has 0 aromatic carbocycles. The molecule has 0 saturated carbocycles. The zero-order valence-electron chi connectivity index (χ0n) is 7.53. The van der Waals surface area contributed by atoms with Crippen LogP contribution < -0.4 is 11.1 Å². The minimum Gasteiger partial charge on any atom is -0.478 e. The molecular weight excluding hydrogens is 182 g/mol. The molecular formula is C9H11N3O2. The third-order valence-electron chi connectivity index (χ3n) is 1.58. The first kappa shape index (κ1) is 10.0. The number of aromatic carboxylic acids is 1. The van der Waals surface area contributed by atoms with E-state index in [9.17, 15) is 4.79 Å². The van der Waals surface area contributed by atoms with E-state index >= 15 is 0 Å². The number of aromatic nitrogens is 1. The fourth-order valence-electron chi connectivity index (χ4n) is 0.915. The molecule has 0 radical (unpaired) electrons. The van der Waals surface area contributed by atoms with Crippen molar-refractivity contribution in [3.8, 4) is 0 Å². The van der Waals surface area contributed by atoms with E-state index in [1.165, 1.54) is 12.3 Å². The summed E-state index contributed by atoms with van der Waals surface area (Å²) in [5.41, 5.74) is 5.96. The average Bonchev–Trinajstić information content (AvgIpc) is 2.15. The van der Waals surface area contributed by atoms with Gasteiger partial charge in [-0.05, 0) is 6.07 Å². The molecule has 0 saturated heterocycles. The number of carboxylic acids is 1.